The summed E-state index contributed by atoms with van der Waals surface area (Å²) in [5.41, 5.74) is 7.70. The molecule has 0 saturated heterocycles. The molecule has 6 nitrogen and oxygen atoms in total. The Balaban J connectivity index is 2.45. The third-order valence-electron chi connectivity index (χ3n) is 3.82. The van der Waals surface area contributed by atoms with Crippen molar-refractivity contribution in [3.05, 3.63) is 50.9 Å². The van der Waals surface area contributed by atoms with Crippen molar-refractivity contribution >= 4 is 28.4 Å². The van der Waals surface area contributed by atoms with E-state index in [0.29, 0.717) is 33.7 Å². The molecule has 1 amide bonds. The third kappa shape index (κ3) is 2.41. The maximum absolute atomic E-state index is 12.5. The standard InChI is InChI=1S/C16H15ClN4O2/c1-3-21-16(23)14-11(8(2)12(19-14)15(18)22)13(20-21)9-4-6-10(17)7-5-9/h4-7,19H,3H2,1-2H3,(H2,18,22). The van der Waals surface area contributed by atoms with Crippen molar-refractivity contribution in [2.75, 3.05) is 0 Å². The van der Waals surface area contributed by atoms with Crippen molar-refractivity contribution in [2.45, 2.75) is 20.4 Å². The normalized spacial score (nSPS) is 11.1. The van der Waals surface area contributed by atoms with E-state index in [0.717, 1.165) is 5.56 Å². The van der Waals surface area contributed by atoms with Gasteiger partial charge in [-0.05, 0) is 31.5 Å². The number of H-pyrrole nitrogens is 1. The molecule has 7 heteroatoms. The van der Waals surface area contributed by atoms with E-state index < -0.39 is 5.91 Å². The Bertz CT molecular complexity index is 970. The fourth-order valence-electron chi connectivity index (χ4n) is 2.67. The monoisotopic (exact) mass is 330 g/mol. The molecule has 3 N–H and O–H groups in total. The molecule has 0 fully saturated rings. The van der Waals surface area contributed by atoms with Gasteiger partial charge in [-0.2, -0.15) is 5.10 Å². The quantitative estimate of drug-likeness (QED) is 0.772. The van der Waals surface area contributed by atoms with Gasteiger partial charge in [-0.3, -0.25) is 9.59 Å². The smallest absolute Gasteiger partial charge is 0.291 e. The van der Waals surface area contributed by atoms with E-state index in [1.54, 1.807) is 19.1 Å². The molecule has 3 rings (SSSR count). The molecule has 0 radical (unpaired) electrons. The summed E-state index contributed by atoms with van der Waals surface area (Å²) in [5, 5.41) is 5.66. The number of aryl methyl sites for hydroxylation is 2. The molecule has 3 aromatic rings. The number of benzene rings is 1. The van der Waals surface area contributed by atoms with Crippen LogP contribution in [0.15, 0.2) is 29.1 Å². The van der Waals surface area contributed by atoms with Crippen LogP contribution in [0.25, 0.3) is 22.2 Å². The molecule has 1 aromatic carbocycles. The van der Waals surface area contributed by atoms with E-state index in [2.05, 4.69) is 10.1 Å². The summed E-state index contributed by atoms with van der Waals surface area (Å²) in [6.07, 6.45) is 0. The maximum Gasteiger partial charge on any atom is 0.291 e. The number of hydrogen-bond acceptors (Lipinski definition) is 3. The number of aromatic amines is 1. The third-order valence-corrected chi connectivity index (χ3v) is 4.07. The van der Waals surface area contributed by atoms with Crippen LogP contribution in [0.3, 0.4) is 0 Å². The summed E-state index contributed by atoms with van der Waals surface area (Å²) in [6.45, 7) is 3.99. The number of fused-ring (bicyclic) bond motifs is 1. The van der Waals surface area contributed by atoms with Crippen molar-refractivity contribution in [2.24, 2.45) is 5.73 Å². The fourth-order valence-corrected chi connectivity index (χ4v) is 2.79. The zero-order valence-electron chi connectivity index (χ0n) is 12.7. The average molecular weight is 331 g/mol. The Hall–Kier alpha value is -2.60. The number of hydrogen-bond donors (Lipinski definition) is 2. The van der Waals surface area contributed by atoms with Crippen molar-refractivity contribution in [1.29, 1.82) is 0 Å². The first-order valence-corrected chi connectivity index (χ1v) is 7.51. The summed E-state index contributed by atoms with van der Waals surface area (Å²) in [4.78, 5) is 26.9. The summed E-state index contributed by atoms with van der Waals surface area (Å²) >= 11 is 5.94. The number of aromatic nitrogens is 3. The molecule has 0 atom stereocenters. The summed E-state index contributed by atoms with van der Waals surface area (Å²) in [5.74, 6) is -0.608. The second-order valence-electron chi connectivity index (χ2n) is 5.22. The molecule has 118 valence electrons. The molecular formula is C16H15ClN4O2. The van der Waals surface area contributed by atoms with Crippen molar-refractivity contribution in [3.63, 3.8) is 0 Å². The number of nitrogens with two attached hydrogens (primary N) is 1. The lowest BCUT2D eigenvalue weighted by Gasteiger charge is -2.08. The second-order valence-corrected chi connectivity index (χ2v) is 5.65. The number of carbonyl (C=O) groups excluding carboxylic acids is 1. The molecule has 0 aliphatic carbocycles. The fraction of sp³-hybridized carbons (Fsp3) is 0.188. The van der Waals surface area contributed by atoms with Crippen LogP contribution in [-0.4, -0.2) is 20.7 Å². The first-order chi connectivity index (χ1) is 10.9. The van der Waals surface area contributed by atoms with Crippen LogP contribution in [0, 0.1) is 6.92 Å². The van der Waals surface area contributed by atoms with Crippen LogP contribution in [0.2, 0.25) is 5.02 Å². The van der Waals surface area contributed by atoms with Gasteiger partial charge in [0, 0.05) is 22.5 Å². The minimum Gasteiger partial charge on any atom is -0.364 e. The van der Waals surface area contributed by atoms with Gasteiger partial charge in [0.1, 0.15) is 16.9 Å². The van der Waals surface area contributed by atoms with E-state index in [9.17, 15) is 9.59 Å². The Kier molecular flexibility index (Phi) is 3.69. The van der Waals surface area contributed by atoms with E-state index >= 15 is 0 Å². The highest BCUT2D eigenvalue weighted by Crippen LogP contribution is 2.29. The lowest BCUT2D eigenvalue weighted by Crippen LogP contribution is -2.23. The van der Waals surface area contributed by atoms with Gasteiger partial charge in [-0.15, -0.1) is 0 Å². The SMILES string of the molecule is CCn1nc(-c2ccc(Cl)cc2)c2c(C)c(C(N)=O)[nH]c2c1=O. The van der Waals surface area contributed by atoms with Gasteiger partial charge in [0.2, 0.25) is 0 Å². The number of primary amides is 1. The lowest BCUT2D eigenvalue weighted by atomic mass is 10.0. The minimum atomic E-state index is -0.608. The number of nitrogens with one attached hydrogen (secondary N) is 1. The van der Waals surface area contributed by atoms with Crippen molar-refractivity contribution in [1.82, 2.24) is 14.8 Å². The van der Waals surface area contributed by atoms with Crippen molar-refractivity contribution < 1.29 is 4.79 Å². The number of amides is 1. The molecule has 0 unspecified atom stereocenters. The Morgan fingerprint density at radius 1 is 1.35 bits per heavy atom. The number of halogens is 1. The summed E-state index contributed by atoms with van der Waals surface area (Å²) in [6, 6.07) is 7.15. The van der Waals surface area contributed by atoms with Gasteiger partial charge in [-0.25, -0.2) is 4.68 Å². The highest BCUT2D eigenvalue weighted by molar-refractivity contribution is 6.30. The Morgan fingerprint density at radius 2 is 2.00 bits per heavy atom. The lowest BCUT2D eigenvalue weighted by molar-refractivity contribution is 0.0996. The van der Waals surface area contributed by atoms with E-state index in [-0.39, 0.29) is 11.3 Å². The van der Waals surface area contributed by atoms with Gasteiger partial charge >= 0.3 is 0 Å². The number of nitrogens with zero attached hydrogens (tertiary/aromatic N) is 2. The first kappa shape index (κ1) is 15.3. The molecule has 0 aliphatic rings. The number of rotatable bonds is 3. The summed E-state index contributed by atoms with van der Waals surface area (Å²) in [7, 11) is 0. The van der Waals surface area contributed by atoms with Crippen LogP contribution in [0.5, 0.6) is 0 Å². The van der Waals surface area contributed by atoms with E-state index in [4.69, 9.17) is 17.3 Å². The Labute approximate surface area is 136 Å². The molecule has 0 bridgehead atoms. The van der Waals surface area contributed by atoms with Gasteiger partial charge in [0.25, 0.3) is 11.5 Å². The summed E-state index contributed by atoms with van der Waals surface area (Å²) < 4.78 is 1.35. The molecule has 0 spiro atoms. The molecule has 23 heavy (non-hydrogen) atoms. The maximum atomic E-state index is 12.5. The number of carbonyl (C=O) groups is 1. The molecule has 0 aliphatic heterocycles. The van der Waals surface area contributed by atoms with Crippen LogP contribution in [-0.2, 0) is 6.54 Å². The first-order valence-electron chi connectivity index (χ1n) is 7.13. The van der Waals surface area contributed by atoms with Crippen LogP contribution < -0.4 is 11.3 Å². The van der Waals surface area contributed by atoms with Gasteiger partial charge in [0.05, 0.1) is 0 Å². The Morgan fingerprint density at radius 3 is 2.57 bits per heavy atom. The molecular weight excluding hydrogens is 316 g/mol. The largest absolute Gasteiger partial charge is 0.364 e. The predicted molar refractivity (Wildman–Crippen MR) is 89.7 cm³/mol. The minimum absolute atomic E-state index is 0.225. The topological polar surface area (TPSA) is 93.8 Å². The van der Waals surface area contributed by atoms with Crippen LogP contribution in [0.1, 0.15) is 23.0 Å². The zero-order chi connectivity index (χ0) is 16.7. The van der Waals surface area contributed by atoms with Crippen LogP contribution >= 0.6 is 11.6 Å². The van der Waals surface area contributed by atoms with Crippen LogP contribution in [0.4, 0.5) is 0 Å². The molecule has 2 heterocycles. The second kappa shape index (κ2) is 5.55. The molecule has 2 aromatic heterocycles. The highest BCUT2D eigenvalue weighted by atomic mass is 35.5. The average Bonchev–Trinajstić information content (AvgIpc) is 2.88. The predicted octanol–water partition coefficient (Wildman–Crippen LogP) is 2.47. The van der Waals surface area contributed by atoms with Gasteiger partial charge < -0.3 is 10.7 Å². The highest BCUT2D eigenvalue weighted by Gasteiger charge is 2.20. The van der Waals surface area contributed by atoms with E-state index in [1.807, 2.05) is 19.1 Å². The van der Waals surface area contributed by atoms with Gasteiger partial charge in [0.15, 0.2) is 0 Å². The van der Waals surface area contributed by atoms with Gasteiger partial charge in [-0.1, -0.05) is 23.7 Å². The molecule has 0 saturated carbocycles. The van der Waals surface area contributed by atoms with E-state index in [1.165, 1.54) is 4.68 Å². The zero-order valence-corrected chi connectivity index (χ0v) is 13.4. The van der Waals surface area contributed by atoms with Crippen molar-refractivity contribution in [3.8, 4) is 11.3 Å².